The Kier molecular flexibility index (Phi) is 4.57. The number of carbonyl (C=O) groups excluding carboxylic acids is 1. The van der Waals surface area contributed by atoms with Crippen LogP contribution in [-0.4, -0.2) is 53.2 Å². The molecule has 1 aromatic heterocycles. The molecule has 5 nitrogen and oxygen atoms in total. The normalized spacial score (nSPS) is 27.8. The predicted molar refractivity (Wildman–Crippen MR) is 90.2 cm³/mol. The van der Waals surface area contributed by atoms with Crippen molar-refractivity contribution in [2.24, 2.45) is 11.3 Å². The second-order valence-electron chi connectivity index (χ2n) is 7.71. The number of likely N-dealkylation sites (tertiary alicyclic amines) is 1. The fourth-order valence-electron chi connectivity index (χ4n) is 3.90. The summed E-state index contributed by atoms with van der Waals surface area (Å²) in [5, 5.41) is 10.0. The Hall–Kier alpha value is -1.62. The fourth-order valence-corrected chi connectivity index (χ4v) is 3.90. The fraction of sp³-hybridized carbons (Fsp3) is 0.667. The predicted octanol–water partition coefficient (Wildman–Crippen LogP) is 1.92. The van der Waals surface area contributed by atoms with Gasteiger partial charge in [-0.3, -0.25) is 9.78 Å². The van der Waals surface area contributed by atoms with Crippen molar-refractivity contribution in [3.8, 4) is 0 Å². The minimum absolute atomic E-state index is 0.0189. The van der Waals surface area contributed by atoms with Crippen molar-refractivity contribution < 1.29 is 9.90 Å². The van der Waals surface area contributed by atoms with Gasteiger partial charge in [-0.25, -0.2) is 0 Å². The van der Waals surface area contributed by atoms with Crippen LogP contribution in [0.4, 0.5) is 5.69 Å². The third-order valence-electron chi connectivity index (χ3n) is 5.02. The number of aliphatic hydroxyl groups excluding tert-OH is 1. The molecule has 0 radical (unpaired) electrons. The van der Waals surface area contributed by atoms with E-state index >= 15 is 0 Å². The number of rotatable bonds is 2. The summed E-state index contributed by atoms with van der Waals surface area (Å²) in [5.41, 5.74) is 1.12. The zero-order valence-corrected chi connectivity index (χ0v) is 14.1. The lowest BCUT2D eigenvalue weighted by Gasteiger charge is -2.31. The molecule has 126 valence electrons. The summed E-state index contributed by atoms with van der Waals surface area (Å²) in [7, 11) is 0. The van der Waals surface area contributed by atoms with Crippen LogP contribution in [0.1, 0.15) is 33.1 Å². The molecule has 3 rings (SSSR count). The SMILES string of the molecule is CC1(C)CC(O)CCN(C(=O)C2CCN(c3ccncc3)C2)C1. The summed E-state index contributed by atoms with van der Waals surface area (Å²) in [6, 6.07) is 4.00. The van der Waals surface area contributed by atoms with E-state index in [-0.39, 0.29) is 23.3 Å². The number of hydrogen-bond donors (Lipinski definition) is 1. The molecule has 0 bridgehead atoms. The maximum atomic E-state index is 12.9. The van der Waals surface area contributed by atoms with E-state index in [9.17, 15) is 9.90 Å². The Balaban J connectivity index is 1.64. The van der Waals surface area contributed by atoms with Gasteiger partial charge in [0.1, 0.15) is 0 Å². The van der Waals surface area contributed by atoms with Gasteiger partial charge in [0.25, 0.3) is 0 Å². The van der Waals surface area contributed by atoms with Crippen molar-refractivity contribution in [2.75, 3.05) is 31.1 Å². The van der Waals surface area contributed by atoms with Gasteiger partial charge in [-0.05, 0) is 36.8 Å². The van der Waals surface area contributed by atoms with Crippen molar-refractivity contribution in [2.45, 2.75) is 39.2 Å². The van der Waals surface area contributed by atoms with Gasteiger partial charge in [0, 0.05) is 44.3 Å². The van der Waals surface area contributed by atoms with Crippen molar-refractivity contribution >= 4 is 11.6 Å². The summed E-state index contributed by atoms with van der Waals surface area (Å²) in [6.45, 7) is 7.39. The van der Waals surface area contributed by atoms with E-state index in [1.54, 1.807) is 12.4 Å². The van der Waals surface area contributed by atoms with Gasteiger partial charge in [-0.2, -0.15) is 0 Å². The van der Waals surface area contributed by atoms with E-state index in [1.807, 2.05) is 17.0 Å². The third-order valence-corrected chi connectivity index (χ3v) is 5.02. The molecular formula is C18H27N3O2. The number of carbonyl (C=O) groups is 1. The molecule has 2 fully saturated rings. The standard InChI is InChI=1S/C18H27N3O2/c1-18(2)11-16(22)6-10-21(13-18)17(23)14-5-9-20(12-14)15-3-7-19-8-4-15/h3-4,7-8,14,16,22H,5-6,9-13H2,1-2H3. The van der Waals surface area contributed by atoms with Crippen LogP contribution in [0, 0.1) is 11.3 Å². The number of anilines is 1. The molecule has 0 aliphatic carbocycles. The van der Waals surface area contributed by atoms with Gasteiger partial charge in [-0.1, -0.05) is 13.8 Å². The first-order chi connectivity index (χ1) is 10.9. The Labute approximate surface area is 138 Å². The number of nitrogens with zero attached hydrogens (tertiary/aromatic N) is 3. The number of aliphatic hydroxyl groups is 1. The highest BCUT2D eigenvalue weighted by atomic mass is 16.3. The maximum absolute atomic E-state index is 12.9. The van der Waals surface area contributed by atoms with Crippen LogP contribution in [-0.2, 0) is 4.79 Å². The van der Waals surface area contributed by atoms with Crippen LogP contribution in [0.2, 0.25) is 0 Å². The number of amides is 1. The summed E-state index contributed by atoms with van der Waals surface area (Å²) in [4.78, 5) is 21.2. The lowest BCUT2D eigenvalue weighted by atomic mass is 9.87. The highest BCUT2D eigenvalue weighted by Crippen LogP contribution is 2.31. The Bertz CT molecular complexity index is 546. The lowest BCUT2D eigenvalue weighted by molar-refractivity contribution is -0.136. The van der Waals surface area contributed by atoms with Gasteiger partial charge < -0.3 is 14.9 Å². The zero-order valence-electron chi connectivity index (χ0n) is 14.1. The molecule has 0 aromatic carbocycles. The number of pyridine rings is 1. The van der Waals surface area contributed by atoms with Gasteiger partial charge in [-0.15, -0.1) is 0 Å². The van der Waals surface area contributed by atoms with Crippen molar-refractivity contribution in [1.82, 2.24) is 9.88 Å². The van der Waals surface area contributed by atoms with Crippen molar-refractivity contribution in [3.05, 3.63) is 24.5 Å². The average Bonchev–Trinajstić information content (AvgIpc) is 2.95. The van der Waals surface area contributed by atoms with E-state index in [0.29, 0.717) is 13.0 Å². The van der Waals surface area contributed by atoms with Gasteiger partial charge in [0.2, 0.25) is 5.91 Å². The first-order valence-corrected chi connectivity index (χ1v) is 8.56. The monoisotopic (exact) mass is 317 g/mol. The molecule has 3 heterocycles. The minimum Gasteiger partial charge on any atom is -0.393 e. The molecule has 5 heteroatoms. The molecule has 2 saturated heterocycles. The molecule has 0 spiro atoms. The molecule has 2 atom stereocenters. The highest BCUT2D eigenvalue weighted by molar-refractivity contribution is 5.80. The molecule has 2 aliphatic heterocycles. The van der Waals surface area contributed by atoms with E-state index in [2.05, 4.69) is 23.7 Å². The largest absolute Gasteiger partial charge is 0.393 e. The Morgan fingerprint density at radius 2 is 2.00 bits per heavy atom. The highest BCUT2D eigenvalue weighted by Gasteiger charge is 2.36. The third kappa shape index (κ3) is 3.83. The molecule has 0 saturated carbocycles. The summed E-state index contributed by atoms with van der Waals surface area (Å²) < 4.78 is 0. The van der Waals surface area contributed by atoms with Gasteiger partial charge in [0.05, 0.1) is 12.0 Å². The molecule has 2 aliphatic rings. The minimum atomic E-state index is -0.292. The first-order valence-electron chi connectivity index (χ1n) is 8.56. The van der Waals surface area contributed by atoms with Crippen molar-refractivity contribution in [3.63, 3.8) is 0 Å². The van der Waals surface area contributed by atoms with E-state index in [4.69, 9.17) is 0 Å². The second-order valence-corrected chi connectivity index (χ2v) is 7.71. The first kappa shape index (κ1) is 16.2. The summed E-state index contributed by atoms with van der Waals surface area (Å²) >= 11 is 0. The topological polar surface area (TPSA) is 56.7 Å². The van der Waals surface area contributed by atoms with Crippen LogP contribution < -0.4 is 4.90 Å². The van der Waals surface area contributed by atoms with Crippen LogP contribution in [0.3, 0.4) is 0 Å². The Morgan fingerprint density at radius 1 is 1.26 bits per heavy atom. The molecule has 2 unspecified atom stereocenters. The summed E-state index contributed by atoms with van der Waals surface area (Å²) in [5.74, 6) is 0.318. The maximum Gasteiger partial charge on any atom is 0.227 e. The molecule has 1 aromatic rings. The van der Waals surface area contributed by atoms with Gasteiger partial charge in [0.15, 0.2) is 0 Å². The van der Waals surface area contributed by atoms with E-state index in [0.717, 1.165) is 38.2 Å². The zero-order chi connectivity index (χ0) is 16.4. The number of hydrogen-bond acceptors (Lipinski definition) is 4. The summed E-state index contributed by atoms with van der Waals surface area (Å²) in [6.07, 6.45) is 5.66. The van der Waals surface area contributed by atoms with E-state index in [1.165, 1.54) is 0 Å². The van der Waals surface area contributed by atoms with Crippen molar-refractivity contribution in [1.29, 1.82) is 0 Å². The van der Waals surface area contributed by atoms with E-state index < -0.39 is 0 Å². The van der Waals surface area contributed by atoms with Crippen LogP contribution >= 0.6 is 0 Å². The van der Waals surface area contributed by atoms with Gasteiger partial charge >= 0.3 is 0 Å². The molecular weight excluding hydrogens is 290 g/mol. The smallest absolute Gasteiger partial charge is 0.227 e. The molecule has 1 amide bonds. The quantitative estimate of drug-likeness (QED) is 0.905. The molecule has 1 N–H and O–H groups in total. The second kappa shape index (κ2) is 6.48. The van der Waals surface area contributed by atoms with Crippen LogP contribution in [0.25, 0.3) is 0 Å². The number of aromatic nitrogens is 1. The Morgan fingerprint density at radius 3 is 2.74 bits per heavy atom. The van der Waals surface area contributed by atoms with Crippen LogP contribution in [0.5, 0.6) is 0 Å². The lowest BCUT2D eigenvalue weighted by Crippen LogP contribution is -2.41. The average molecular weight is 317 g/mol. The molecule has 23 heavy (non-hydrogen) atoms. The van der Waals surface area contributed by atoms with Crippen LogP contribution in [0.15, 0.2) is 24.5 Å².